The van der Waals surface area contributed by atoms with Gasteiger partial charge in [-0.1, -0.05) is 12.8 Å². The van der Waals surface area contributed by atoms with Crippen LogP contribution in [0.25, 0.3) is 10.8 Å². The van der Waals surface area contributed by atoms with E-state index in [0.29, 0.717) is 0 Å². The first-order valence-electron chi connectivity index (χ1n) is 5.98. The molecule has 2 aromatic rings. The zero-order chi connectivity index (χ0) is 12.6. The van der Waals surface area contributed by atoms with Crippen molar-refractivity contribution in [2.24, 2.45) is 5.73 Å². The molecule has 0 aliphatic heterocycles. The van der Waals surface area contributed by atoms with Crippen LogP contribution < -0.4 is 5.73 Å². The number of aromatic nitrogens is 3. The molecule has 0 bridgehead atoms. The topological polar surface area (TPSA) is 73.8 Å². The molecular formula is C12H14N4OS. The van der Waals surface area contributed by atoms with Gasteiger partial charge in [-0.15, -0.1) is 11.3 Å². The summed E-state index contributed by atoms with van der Waals surface area (Å²) in [7, 11) is 0. The number of hydrogen-bond donors (Lipinski definition) is 1. The van der Waals surface area contributed by atoms with E-state index in [4.69, 9.17) is 5.73 Å². The van der Waals surface area contributed by atoms with Gasteiger partial charge in [-0.25, -0.2) is 9.97 Å². The SMILES string of the molecule is NC(=O)C1(n2ccnc2-c2nccs2)CCCC1. The molecule has 0 aromatic carbocycles. The fourth-order valence-electron chi connectivity index (χ4n) is 2.71. The van der Waals surface area contributed by atoms with Gasteiger partial charge in [0.2, 0.25) is 5.91 Å². The summed E-state index contributed by atoms with van der Waals surface area (Å²) < 4.78 is 1.92. The lowest BCUT2D eigenvalue weighted by molar-refractivity contribution is -0.126. The lowest BCUT2D eigenvalue weighted by Crippen LogP contribution is -2.44. The Kier molecular flexibility index (Phi) is 2.66. The Morgan fingerprint density at radius 1 is 1.33 bits per heavy atom. The van der Waals surface area contributed by atoms with Gasteiger partial charge in [0.05, 0.1) is 0 Å². The summed E-state index contributed by atoms with van der Waals surface area (Å²) in [6, 6.07) is 0. The largest absolute Gasteiger partial charge is 0.368 e. The third-order valence-electron chi connectivity index (χ3n) is 3.61. The van der Waals surface area contributed by atoms with Gasteiger partial charge in [-0.3, -0.25) is 4.79 Å². The summed E-state index contributed by atoms with van der Waals surface area (Å²) in [5, 5.41) is 2.73. The predicted molar refractivity (Wildman–Crippen MR) is 69.0 cm³/mol. The molecule has 0 spiro atoms. The summed E-state index contributed by atoms with van der Waals surface area (Å²) in [4.78, 5) is 20.5. The van der Waals surface area contributed by atoms with E-state index in [1.165, 1.54) is 11.3 Å². The third-order valence-corrected chi connectivity index (χ3v) is 4.38. The van der Waals surface area contributed by atoms with Crippen LogP contribution in [0.2, 0.25) is 0 Å². The van der Waals surface area contributed by atoms with Gasteiger partial charge in [0.15, 0.2) is 10.8 Å². The first kappa shape index (κ1) is 11.4. The maximum atomic E-state index is 11.9. The Morgan fingerprint density at radius 2 is 2.11 bits per heavy atom. The zero-order valence-electron chi connectivity index (χ0n) is 9.87. The number of nitrogens with zero attached hydrogens (tertiary/aromatic N) is 3. The fraction of sp³-hybridized carbons (Fsp3) is 0.417. The van der Waals surface area contributed by atoms with Crippen molar-refractivity contribution in [3.63, 3.8) is 0 Å². The van der Waals surface area contributed by atoms with Crippen molar-refractivity contribution in [1.82, 2.24) is 14.5 Å². The number of rotatable bonds is 3. The molecule has 5 nitrogen and oxygen atoms in total. The Labute approximate surface area is 109 Å². The Balaban J connectivity index is 2.12. The van der Waals surface area contributed by atoms with Crippen LogP contribution in [-0.4, -0.2) is 20.4 Å². The summed E-state index contributed by atoms with van der Waals surface area (Å²) >= 11 is 1.52. The highest BCUT2D eigenvalue weighted by Crippen LogP contribution is 2.39. The van der Waals surface area contributed by atoms with Gasteiger partial charge < -0.3 is 10.3 Å². The molecule has 18 heavy (non-hydrogen) atoms. The molecule has 94 valence electrons. The molecule has 0 saturated heterocycles. The Morgan fingerprint density at radius 3 is 2.72 bits per heavy atom. The molecule has 0 radical (unpaired) electrons. The van der Waals surface area contributed by atoms with Gasteiger partial charge in [-0.05, 0) is 12.8 Å². The molecular weight excluding hydrogens is 248 g/mol. The standard InChI is InChI=1S/C12H14N4OS/c13-11(17)12(3-1-2-4-12)16-7-5-14-9(16)10-15-6-8-18-10/h5-8H,1-4H2,(H2,13,17). The molecule has 3 rings (SSSR count). The minimum absolute atomic E-state index is 0.268. The Hall–Kier alpha value is -1.69. The highest BCUT2D eigenvalue weighted by atomic mass is 32.1. The van der Waals surface area contributed by atoms with Crippen molar-refractivity contribution < 1.29 is 4.79 Å². The van der Waals surface area contributed by atoms with E-state index in [-0.39, 0.29) is 5.91 Å². The van der Waals surface area contributed by atoms with Crippen LogP contribution in [0.15, 0.2) is 24.0 Å². The van der Waals surface area contributed by atoms with Crippen LogP contribution in [0.3, 0.4) is 0 Å². The maximum Gasteiger partial charge on any atom is 0.243 e. The zero-order valence-corrected chi connectivity index (χ0v) is 10.7. The van der Waals surface area contributed by atoms with Crippen LogP contribution in [0.4, 0.5) is 0 Å². The maximum absolute atomic E-state index is 11.9. The molecule has 1 fully saturated rings. The van der Waals surface area contributed by atoms with Crippen molar-refractivity contribution >= 4 is 17.2 Å². The van der Waals surface area contributed by atoms with Crippen molar-refractivity contribution in [2.45, 2.75) is 31.2 Å². The molecule has 1 aliphatic rings. The number of carbonyl (C=O) groups is 1. The van der Waals surface area contributed by atoms with Crippen LogP contribution >= 0.6 is 11.3 Å². The number of nitrogens with two attached hydrogens (primary N) is 1. The second-order valence-corrected chi connectivity index (χ2v) is 5.46. The monoisotopic (exact) mass is 262 g/mol. The van der Waals surface area contributed by atoms with Crippen LogP contribution in [0, 0.1) is 0 Å². The number of amides is 1. The van der Waals surface area contributed by atoms with E-state index in [1.54, 1.807) is 12.4 Å². The summed E-state index contributed by atoms with van der Waals surface area (Å²) in [6.07, 6.45) is 8.92. The second-order valence-electron chi connectivity index (χ2n) is 4.56. The van der Waals surface area contributed by atoms with Crippen molar-refractivity contribution in [3.05, 3.63) is 24.0 Å². The lowest BCUT2D eigenvalue weighted by Gasteiger charge is -2.28. The average molecular weight is 262 g/mol. The molecule has 0 atom stereocenters. The summed E-state index contributed by atoms with van der Waals surface area (Å²) in [5.41, 5.74) is 5.03. The van der Waals surface area contributed by atoms with Crippen LogP contribution in [0.1, 0.15) is 25.7 Å². The molecule has 1 saturated carbocycles. The molecule has 2 N–H and O–H groups in total. The van der Waals surface area contributed by atoms with E-state index in [1.807, 2.05) is 16.1 Å². The quantitative estimate of drug-likeness (QED) is 0.916. The summed E-state index contributed by atoms with van der Waals surface area (Å²) in [5.74, 6) is 0.474. The van der Waals surface area contributed by atoms with Crippen molar-refractivity contribution in [3.8, 4) is 10.8 Å². The van der Waals surface area contributed by atoms with Gasteiger partial charge in [0.1, 0.15) is 5.54 Å². The van der Waals surface area contributed by atoms with Gasteiger partial charge in [0, 0.05) is 24.0 Å². The number of primary amides is 1. The predicted octanol–water partition coefficient (Wildman–Crippen LogP) is 1.76. The smallest absolute Gasteiger partial charge is 0.243 e. The van der Waals surface area contributed by atoms with Crippen LogP contribution in [0.5, 0.6) is 0 Å². The molecule has 1 amide bonds. The first-order valence-corrected chi connectivity index (χ1v) is 6.86. The number of imidazole rings is 1. The highest BCUT2D eigenvalue weighted by Gasteiger charge is 2.42. The number of carbonyl (C=O) groups excluding carboxylic acids is 1. The van der Waals surface area contributed by atoms with Crippen LogP contribution in [-0.2, 0) is 10.3 Å². The van der Waals surface area contributed by atoms with Crippen molar-refractivity contribution in [2.75, 3.05) is 0 Å². The summed E-state index contributed by atoms with van der Waals surface area (Å²) in [6.45, 7) is 0. The molecule has 0 unspecified atom stereocenters. The second kappa shape index (κ2) is 4.20. The highest BCUT2D eigenvalue weighted by molar-refractivity contribution is 7.13. The van der Waals surface area contributed by atoms with Gasteiger partial charge in [0.25, 0.3) is 0 Å². The van der Waals surface area contributed by atoms with E-state index in [2.05, 4.69) is 9.97 Å². The minimum atomic E-state index is -0.614. The van der Waals surface area contributed by atoms with Gasteiger partial charge >= 0.3 is 0 Å². The molecule has 2 aromatic heterocycles. The Bertz CT molecular complexity index is 554. The minimum Gasteiger partial charge on any atom is -0.368 e. The number of thiazole rings is 1. The number of hydrogen-bond acceptors (Lipinski definition) is 4. The third kappa shape index (κ3) is 1.56. The fourth-order valence-corrected chi connectivity index (χ4v) is 3.34. The molecule has 6 heteroatoms. The molecule has 1 aliphatic carbocycles. The first-order chi connectivity index (χ1) is 8.74. The normalized spacial score (nSPS) is 18.0. The van der Waals surface area contributed by atoms with E-state index in [0.717, 1.165) is 36.5 Å². The van der Waals surface area contributed by atoms with E-state index >= 15 is 0 Å². The van der Waals surface area contributed by atoms with Crippen molar-refractivity contribution in [1.29, 1.82) is 0 Å². The van der Waals surface area contributed by atoms with E-state index < -0.39 is 5.54 Å². The average Bonchev–Trinajstić information content (AvgIpc) is 3.11. The lowest BCUT2D eigenvalue weighted by atomic mass is 9.96. The van der Waals surface area contributed by atoms with E-state index in [9.17, 15) is 4.79 Å². The molecule has 2 heterocycles. The van der Waals surface area contributed by atoms with Gasteiger partial charge in [-0.2, -0.15) is 0 Å².